The van der Waals surface area contributed by atoms with Crippen molar-refractivity contribution in [3.8, 4) is 5.69 Å². The largest absolute Gasteiger partial charge is 0.399 e. The van der Waals surface area contributed by atoms with Crippen molar-refractivity contribution in [3.63, 3.8) is 0 Å². The minimum absolute atomic E-state index is 0.124. The SMILES string of the molecule is Cc1ccc(Br)cc1-n1c(CO)nc2cc(N)ccc21. The summed E-state index contributed by atoms with van der Waals surface area (Å²) in [6.45, 7) is 1.91. The van der Waals surface area contributed by atoms with Crippen molar-refractivity contribution >= 4 is 32.7 Å². The topological polar surface area (TPSA) is 64.1 Å². The van der Waals surface area contributed by atoms with E-state index in [9.17, 15) is 5.11 Å². The third kappa shape index (κ3) is 2.09. The molecule has 4 nitrogen and oxygen atoms in total. The molecule has 1 heterocycles. The van der Waals surface area contributed by atoms with E-state index in [4.69, 9.17) is 5.73 Å². The summed E-state index contributed by atoms with van der Waals surface area (Å²) in [4.78, 5) is 4.46. The van der Waals surface area contributed by atoms with Crippen LogP contribution in [0.1, 0.15) is 11.4 Å². The number of nitrogens with two attached hydrogens (primary N) is 1. The van der Waals surface area contributed by atoms with Crippen molar-refractivity contribution in [1.29, 1.82) is 0 Å². The minimum Gasteiger partial charge on any atom is -0.399 e. The van der Waals surface area contributed by atoms with Gasteiger partial charge >= 0.3 is 0 Å². The predicted molar refractivity (Wildman–Crippen MR) is 83.8 cm³/mol. The molecule has 0 aliphatic rings. The van der Waals surface area contributed by atoms with Crippen molar-refractivity contribution in [1.82, 2.24) is 9.55 Å². The second kappa shape index (κ2) is 4.92. The van der Waals surface area contributed by atoms with Gasteiger partial charge in [-0.25, -0.2) is 4.98 Å². The lowest BCUT2D eigenvalue weighted by Gasteiger charge is -2.11. The highest BCUT2D eigenvalue weighted by Crippen LogP contribution is 2.27. The van der Waals surface area contributed by atoms with Crippen LogP contribution in [0.2, 0.25) is 0 Å². The number of imidazole rings is 1. The van der Waals surface area contributed by atoms with Gasteiger partial charge in [0.25, 0.3) is 0 Å². The number of fused-ring (bicyclic) bond motifs is 1. The number of benzene rings is 2. The number of halogens is 1. The minimum atomic E-state index is -0.124. The number of nitrogens with zero attached hydrogens (tertiary/aromatic N) is 2. The smallest absolute Gasteiger partial charge is 0.140 e. The number of aromatic nitrogens is 2. The Balaban J connectivity index is 2.37. The predicted octanol–water partition coefficient (Wildman–Crippen LogP) is 3.17. The molecule has 20 heavy (non-hydrogen) atoms. The van der Waals surface area contributed by atoms with Crippen LogP contribution in [0.4, 0.5) is 5.69 Å². The Morgan fingerprint density at radius 2 is 2.05 bits per heavy atom. The fourth-order valence-electron chi connectivity index (χ4n) is 2.35. The van der Waals surface area contributed by atoms with E-state index in [0.717, 1.165) is 26.8 Å². The molecule has 0 aliphatic carbocycles. The number of hydrogen-bond donors (Lipinski definition) is 2. The molecule has 5 heteroatoms. The maximum atomic E-state index is 9.58. The third-order valence-electron chi connectivity index (χ3n) is 3.30. The van der Waals surface area contributed by atoms with E-state index in [0.29, 0.717) is 11.5 Å². The van der Waals surface area contributed by atoms with Crippen molar-refractivity contribution in [2.24, 2.45) is 0 Å². The van der Waals surface area contributed by atoms with Gasteiger partial charge in [-0.15, -0.1) is 0 Å². The van der Waals surface area contributed by atoms with E-state index in [1.807, 2.05) is 47.9 Å². The average molecular weight is 332 g/mol. The summed E-state index contributed by atoms with van der Waals surface area (Å²) < 4.78 is 2.95. The van der Waals surface area contributed by atoms with Gasteiger partial charge in [0.1, 0.15) is 12.4 Å². The summed E-state index contributed by atoms with van der Waals surface area (Å²) in [5.74, 6) is 0.604. The van der Waals surface area contributed by atoms with Crippen LogP contribution in [0.3, 0.4) is 0 Å². The molecule has 0 fully saturated rings. The molecule has 102 valence electrons. The van der Waals surface area contributed by atoms with Crippen LogP contribution in [0.25, 0.3) is 16.7 Å². The van der Waals surface area contributed by atoms with E-state index in [2.05, 4.69) is 20.9 Å². The van der Waals surface area contributed by atoms with Crippen LogP contribution in [0.15, 0.2) is 40.9 Å². The lowest BCUT2D eigenvalue weighted by atomic mass is 10.2. The Hall–Kier alpha value is -1.85. The second-order valence-electron chi connectivity index (χ2n) is 4.70. The average Bonchev–Trinajstić information content (AvgIpc) is 2.78. The summed E-state index contributed by atoms with van der Waals surface area (Å²) in [6.07, 6.45) is 0. The summed E-state index contributed by atoms with van der Waals surface area (Å²) in [5.41, 5.74) is 10.3. The van der Waals surface area contributed by atoms with Crippen LogP contribution in [0, 0.1) is 6.92 Å². The number of anilines is 1. The van der Waals surface area contributed by atoms with Gasteiger partial charge in [-0.2, -0.15) is 0 Å². The molecule has 0 atom stereocenters. The Labute approximate surface area is 125 Å². The summed E-state index contributed by atoms with van der Waals surface area (Å²) in [5, 5.41) is 9.58. The van der Waals surface area contributed by atoms with Crippen molar-refractivity contribution < 1.29 is 5.11 Å². The molecule has 0 spiro atoms. The highest BCUT2D eigenvalue weighted by Gasteiger charge is 2.13. The Bertz CT molecular complexity index is 795. The molecule has 1 aromatic heterocycles. The van der Waals surface area contributed by atoms with Crippen LogP contribution >= 0.6 is 15.9 Å². The van der Waals surface area contributed by atoms with Gasteiger partial charge in [-0.3, -0.25) is 4.57 Å². The van der Waals surface area contributed by atoms with Crippen LogP contribution in [-0.4, -0.2) is 14.7 Å². The zero-order chi connectivity index (χ0) is 14.3. The number of aliphatic hydroxyl groups excluding tert-OH is 1. The van der Waals surface area contributed by atoms with Crippen LogP contribution in [0.5, 0.6) is 0 Å². The molecule has 0 aliphatic heterocycles. The fraction of sp³-hybridized carbons (Fsp3) is 0.133. The second-order valence-corrected chi connectivity index (χ2v) is 5.62. The van der Waals surface area contributed by atoms with Crippen LogP contribution < -0.4 is 5.73 Å². The fourth-order valence-corrected chi connectivity index (χ4v) is 2.69. The first-order valence-electron chi connectivity index (χ1n) is 6.24. The van der Waals surface area contributed by atoms with E-state index < -0.39 is 0 Å². The highest BCUT2D eigenvalue weighted by molar-refractivity contribution is 9.10. The first-order chi connectivity index (χ1) is 9.60. The Kier molecular flexibility index (Phi) is 3.23. The molecule has 0 unspecified atom stereocenters. The van der Waals surface area contributed by atoms with Gasteiger partial charge in [0.15, 0.2) is 0 Å². The van der Waals surface area contributed by atoms with E-state index >= 15 is 0 Å². The van der Waals surface area contributed by atoms with Gasteiger partial charge in [0.2, 0.25) is 0 Å². The lowest BCUT2D eigenvalue weighted by molar-refractivity contribution is 0.270. The third-order valence-corrected chi connectivity index (χ3v) is 3.79. The van der Waals surface area contributed by atoms with Gasteiger partial charge in [0.05, 0.1) is 16.7 Å². The first-order valence-corrected chi connectivity index (χ1v) is 7.03. The molecular weight excluding hydrogens is 318 g/mol. The molecule has 2 aromatic carbocycles. The number of hydrogen-bond acceptors (Lipinski definition) is 3. The van der Waals surface area contributed by atoms with E-state index in [1.54, 1.807) is 0 Å². The zero-order valence-corrected chi connectivity index (χ0v) is 12.6. The Morgan fingerprint density at radius 1 is 1.25 bits per heavy atom. The molecule has 0 radical (unpaired) electrons. The normalized spacial score (nSPS) is 11.2. The van der Waals surface area contributed by atoms with E-state index in [1.165, 1.54) is 0 Å². The molecular formula is C15H14BrN3O. The summed E-state index contributed by atoms with van der Waals surface area (Å²) in [6, 6.07) is 11.6. The van der Waals surface area contributed by atoms with Crippen LogP contribution in [-0.2, 0) is 6.61 Å². The number of rotatable bonds is 2. The summed E-state index contributed by atoms with van der Waals surface area (Å²) in [7, 11) is 0. The molecule has 3 N–H and O–H groups in total. The Morgan fingerprint density at radius 3 is 2.80 bits per heavy atom. The zero-order valence-electron chi connectivity index (χ0n) is 11.0. The number of aliphatic hydroxyl groups is 1. The van der Waals surface area contributed by atoms with Gasteiger partial charge in [0, 0.05) is 10.2 Å². The molecule has 0 bridgehead atoms. The van der Waals surface area contributed by atoms with Crippen molar-refractivity contribution in [3.05, 3.63) is 52.3 Å². The molecule has 0 amide bonds. The maximum Gasteiger partial charge on any atom is 0.140 e. The summed E-state index contributed by atoms with van der Waals surface area (Å²) >= 11 is 3.49. The molecule has 3 aromatic rings. The van der Waals surface area contributed by atoms with E-state index in [-0.39, 0.29) is 6.61 Å². The standard InChI is InChI=1S/C15H14BrN3O/c1-9-2-3-10(16)6-14(9)19-13-5-4-11(17)7-12(13)18-15(19)8-20/h2-7,20H,8,17H2,1H3. The van der Waals surface area contributed by atoms with Gasteiger partial charge < -0.3 is 10.8 Å². The monoisotopic (exact) mass is 331 g/mol. The van der Waals surface area contributed by atoms with Gasteiger partial charge in [-0.05, 0) is 42.8 Å². The van der Waals surface area contributed by atoms with Gasteiger partial charge in [-0.1, -0.05) is 22.0 Å². The maximum absolute atomic E-state index is 9.58. The number of nitrogen functional groups attached to an aromatic ring is 1. The highest BCUT2D eigenvalue weighted by atomic mass is 79.9. The quantitative estimate of drug-likeness (QED) is 0.709. The molecule has 0 saturated heterocycles. The lowest BCUT2D eigenvalue weighted by Crippen LogP contribution is -2.03. The molecule has 3 rings (SSSR count). The molecule has 0 saturated carbocycles. The number of aryl methyl sites for hydroxylation is 1. The van der Waals surface area contributed by atoms with Crippen molar-refractivity contribution in [2.75, 3.05) is 5.73 Å². The first kappa shape index (κ1) is 13.1. The van der Waals surface area contributed by atoms with Crippen molar-refractivity contribution in [2.45, 2.75) is 13.5 Å².